The van der Waals surface area contributed by atoms with E-state index in [2.05, 4.69) is 10.4 Å². The van der Waals surface area contributed by atoms with Crippen molar-refractivity contribution in [1.82, 2.24) is 15.4 Å². The first-order valence-electron chi connectivity index (χ1n) is 9.35. The van der Waals surface area contributed by atoms with Crippen LogP contribution in [0.25, 0.3) is 10.6 Å². The number of benzene rings is 2. The molecule has 0 radical (unpaired) electrons. The number of amides is 1. The zero-order chi connectivity index (χ0) is 20.9. The van der Waals surface area contributed by atoms with E-state index in [9.17, 15) is 13.6 Å². The number of hydrazine groups is 1. The molecule has 3 aromatic rings. The number of hydrogen-bond acceptors (Lipinski definition) is 6. The van der Waals surface area contributed by atoms with Crippen molar-refractivity contribution in [3.63, 3.8) is 0 Å². The van der Waals surface area contributed by atoms with Crippen LogP contribution in [0.1, 0.15) is 16.1 Å². The Hall–Kier alpha value is -2.88. The molecule has 0 unspecified atom stereocenters. The standard InChI is InChI=1S/C21H19F2N3O3S/c22-16-4-1-15(18(23)11-16)12-29-17-5-2-14(3-6-17)21-24-19(13-30-21)20(27)25-26-7-9-28-10-8-26/h1-6,11,13H,7-10,12H2,(H,25,27). The van der Waals surface area contributed by atoms with Crippen LogP contribution in [0.15, 0.2) is 47.8 Å². The lowest BCUT2D eigenvalue weighted by molar-refractivity contribution is 0.0125. The zero-order valence-corrected chi connectivity index (χ0v) is 16.8. The first kappa shape index (κ1) is 20.4. The predicted molar refractivity (Wildman–Crippen MR) is 108 cm³/mol. The quantitative estimate of drug-likeness (QED) is 0.646. The number of nitrogens with one attached hydrogen (secondary N) is 1. The second-order valence-electron chi connectivity index (χ2n) is 6.63. The zero-order valence-electron chi connectivity index (χ0n) is 15.9. The molecule has 9 heteroatoms. The highest BCUT2D eigenvalue weighted by atomic mass is 32.1. The van der Waals surface area contributed by atoms with Crippen molar-refractivity contribution >= 4 is 17.2 Å². The van der Waals surface area contributed by atoms with Gasteiger partial charge in [-0.2, -0.15) is 0 Å². The molecule has 4 rings (SSSR count). The number of rotatable bonds is 6. The van der Waals surface area contributed by atoms with E-state index in [1.807, 2.05) is 17.1 Å². The molecule has 1 N–H and O–H groups in total. The molecule has 2 heterocycles. The average Bonchev–Trinajstić information content (AvgIpc) is 3.25. The summed E-state index contributed by atoms with van der Waals surface area (Å²) in [5, 5.41) is 4.24. The highest BCUT2D eigenvalue weighted by molar-refractivity contribution is 7.13. The molecular formula is C21H19F2N3O3S. The van der Waals surface area contributed by atoms with Gasteiger partial charge in [0.05, 0.1) is 13.2 Å². The Bertz CT molecular complexity index is 1020. The molecule has 0 atom stereocenters. The van der Waals surface area contributed by atoms with E-state index in [4.69, 9.17) is 9.47 Å². The number of ether oxygens (including phenoxy) is 2. The number of morpholine rings is 1. The molecule has 6 nitrogen and oxygen atoms in total. The fourth-order valence-electron chi connectivity index (χ4n) is 2.88. The number of aromatic nitrogens is 1. The maximum absolute atomic E-state index is 13.7. The largest absolute Gasteiger partial charge is 0.489 e. The van der Waals surface area contributed by atoms with Gasteiger partial charge in [0, 0.05) is 35.7 Å². The molecular weight excluding hydrogens is 412 g/mol. The van der Waals surface area contributed by atoms with Crippen LogP contribution < -0.4 is 10.2 Å². The van der Waals surface area contributed by atoms with Gasteiger partial charge in [0.25, 0.3) is 5.91 Å². The Morgan fingerprint density at radius 2 is 1.93 bits per heavy atom. The summed E-state index contributed by atoms with van der Waals surface area (Å²) in [5.41, 5.74) is 4.30. The lowest BCUT2D eigenvalue weighted by Crippen LogP contribution is -2.48. The first-order chi connectivity index (χ1) is 14.6. The maximum Gasteiger partial charge on any atom is 0.285 e. The monoisotopic (exact) mass is 431 g/mol. The van der Waals surface area contributed by atoms with Crippen molar-refractivity contribution < 1.29 is 23.0 Å². The molecule has 1 fully saturated rings. The van der Waals surface area contributed by atoms with E-state index < -0.39 is 11.6 Å². The van der Waals surface area contributed by atoms with Crippen molar-refractivity contribution in [2.45, 2.75) is 6.61 Å². The van der Waals surface area contributed by atoms with Gasteiger partial charge in [0.1, 0.15) is 34.7 Å². The summed E-state index contributed by atoms with van der Waals surface area (Å²) in [4.78, 5) is 16.8. The van der Waals surface area contributed by atoms with Gasteiger partial charge in [-0.3, -0.25) is 10.2 Å². The Labute approximate surface area is 176 Å². The Balaban J connectivity index is 1.36. The third-order valence-electron chi connectivity index (χ3n) is 4.52. The number of carbonyl (C=O) groups excluding carboxylic acids is 1. The number of hydrogen-bond donors (Lipinski definition) is 1. The highest BCUT2D eigenvalue weighted by Crippen LogP contribution is 2.26. The van der Waals surface area contributed by atoms with Gasteiger partial charge >= 0.3 is 0 Å². The van der Waals surface area contributed by atoms with E-state index in [1.165, 1.54) is 23.5 Å². The molecule has 1 saturated heterocycles. The van der Waals surface area contributed by atoms with Crippen LogP contribution in [0.5, 0.6) is 5.75 Å². The third-order valence-corrected chi connectivity index (χ3v) is 5.41. The van der Waals surface area contributed by atoms with Crippen LogP contribution in [0, 0.1) is 11.6 Å². The van der Waals surface area contributed by atoms with Crippen molar-refractivity contribution in [3.8, 4) is 16.3 Å². The Morgan fingerprint density at radius 3 is 2.67 bits per heavy atom. The Morgan fingerprint density at radius 1 is 1.17 bits per heavy atom. The molecule has 0 aliphatic carbocycles. The Kier molecular flexibility index (Phi) is 6.32. The fraction of sp³-hybridized carbons (Fsp3) is 0.238. The molecule has 1 aromatic heterocycles. The minimum absolute atomic E-state index is 0.00539. The molecule has 1 amide bonds. The van der Waals surface area contributed by atoms with Crippen LogP contribution >= 0.6 is 11.3 Å². The smallest absolute Gasteiger partial charge is 0.285 e. The van der Waals surface area contributed by atoms with E-state index in [-0.39, 0.29) is 18.1 Å². The van der Waals surface area contributed by atoms with E-state index in [0.717, 1.165) is 11.6 Å². The summed E-state index contributed by atoms with van der Waals surface area (Å²) < 4.78 is 37.5. The van der Waals surface area contributed by atoms with Crippen LogP contribution in [-0.2, 0) is 11.3 Å². The molecule has 0 bridgehead atoms. The molecule has 1 aliphatic rings. The topological polar surface area (TPSA) is 63.7 Å². The van der Waals surface area contributed by atoms with Gasteiger partial charge in [0.15, 0.2) is 0 Å². The predicted octanol–water partition coefficient (Wildman–Crippen LogP) is 3.64. The molecule has 30 heavy (non-hydrogen) atoms. The van der Waals surface area contributed by atoms with Gasteiger partial charge in [-0.1, -0.05) is 0 Å². The summed E-state index contributed by atoms with van der Waals surface area (Å²) >= 11 is 1.37. The number of nitrogens with zero attached hydrogens (tertiary/aromatic N) is 2. The molecule has 2 aromatic carbocycles. The lowest BCUT2D eigenvalue weighted by Gasteiger charge is -2.26. The minimum Gasteiger partial charge on any atom is -0.489 e. The summed E-state index contributed by atoms with van der Waals surface area (Å²) in [6.45, 7) is 2.46. The normalized spacial score (nSPS) is 14.5. The van der Waals surface area contributed by atoms with Gasteiger partial charge in [-0.05, 0) is 36.4 Å². The third kappa shape index (κ3) is 4.99. The van der Waals surface area contributed by atoms with Crippen LogP contribution in [0.2, 0.25) is 0 Å². The van der Waals surface area contributed by atoms with Crippen molar-refractivity contribution in [1.29, 1.82) is 0 Å². The van der Waals surface area contributed by atoms with Crippen LogP contribution in [0.3, 0.4) is 0 Å². The van der Waals surface area contributed by atoms with Crippen molar-refractivity contribution in [3.05, 3.63) is 70.7 Å². The van der Waals surface area contributed by atoms with Crippen LogP contribution in [0.4, 0.5) is 8.78 Å². The highest BCUT2D eigenvalue weighted by Gasteiger charge is 2.17. The summed E-state index contributed by atoms with van der Waals surface area (Å²) in [5.74, 6) is -0.968. The maximum atomic E-state index is 13.7. The second kappa shape index (κ2) is 9.29. The van der Waals surface area contributed by atoms with Gasteiger partial charge in [0.2, 0.25) is 0 Å². The summed E-state index contributed by atoms with van der Waals surface area (Å²) in [6.07, 6.45) is 0. The first-order valence-corrected chi connectivity index (χ1v) is 10.2. The van der Waals surface area contributed by atoms with Gasteiger partial charge in [-0.15, -0.1) is 11.3 Å². The molecule has 0 saturated carbocycles. The fourth-order valence-corrected chi connectivity index (χ4v) is 3.69. The minimum atomic E-state index is -0.641. The summed E-state index contributed by atoms with van der Waals surface area (Å²) in [6, 6.07) is 10.5. The van der Waals surface area contributed by atoms with E-state index in [1.54, 1.807) is 17.5 Å². The van der Waals surface area contributed by atoms with E-state index in [0.29, 0.717) is 42.8 Å². The molecule has 1 aliphatic heterocycles. The number of thiazole rings is 1. The van der Waals surface area contributed by atoms with Crippen LogP contribution in [-0.4, -0.2) is 42.2 Å². The SMILES string of the molecule is O=C(NN1CCOCC1)c1csc(-c2ccc(OCc3ccc(F)cc3F)cc2)n1. The summed E-state index contributed by atoms with van der Waals surface area (Å²) in [7, 11) is 0. The second-order valence-corrected chi connectivity index (χ2v) is 7.49. The molecule has 156 valence electrons. The lowest BCUT2D eigenvalue weighted by atomic mass is 10.2. The van der Waals surface area contributed by atoms with E-state index >= 15 is 0 Å². The van der Waals surface area contributed by atoms with Crippen molar-refractivity contribution in [2.75, 3.05) is 26.3 Å². The number of carbonyl (C=O) groups is 1. The van der Waals surface area contributed by atoms with Gasteiger partial charge < -0.3 is 9.47 Å². The van der Waals surface area contributed by atoms with Gasteiger partial charge in [-0.25, -0.2) is 18.8 Å². The van der Waals surface area contributed by atoms with Crippen molar-refractivity contribution in [2.24, 2.45) is 0 Å². The number of halogens is 2. The molecule has 0 spiro atoms. The average molecular weight is 431 g/mol.